The van der Waals surface area contributed by atoms with Crippen molar-refractivity contribution >= 4 is 5.97 Å². The zero-order valence-electron chi connectivity index (χ0n) is 9.04. The second-order valence-corrected chi connectivity index (χ2v) is 3.29. The Labute approximate surface area is 95.8 Å². The van der Waals surface area contributed by atoms with Crippen molar-refractivity contribution in [2.75, 3.05) is 6.61 Å². The van der Waals surface area contributed by atoms with Gasteiger partial charge in [-0.15, -0.1) is 0 Å². The van der Waals surface area contributed by atoms with Gasteiger partial charge in [-0.05, 0) is 13.0 Å². The van der Waals surface area contributed by atoms with E-state index in [1.165, 1.54) is 6.07 Å². The Hall–Kier alpha value is -1.72. The van der Waals surface area contributed by atoms with Crippen molar-refractivity contribution in [2.24, 2.45) is 0 Å². The number of carbonyl (C=O) groups is 1. The molecule has 6 heteroatoms. The highest BCUT2D eigenvalue weighted by Crippen LogP contribution is 2.37. The topological polar surface area (TPSA) is 46.5 Å². The van der Waals surface area contributed by atoms with Gasteiger partial charge in [0.15, 0.2) is 0 Å². The van der Waals surface area contributed by atoms with Gasteiger partial charge >= 0.3 is 12.1 Å². The zero-order valence-corrected chi connectivity index (χ0v) is 9.04. The third-order valence-corrected chi connectivity index (χ3v) is 2.07. The second kappa shape index (κ2) is 5.07. The molecule has 17 heavy (non-hydrogen) atoms. The molecule has 0 atom stereocenters. The SMILES string of the molecule is CCOC(=O)Cc1cccc(C(F)(F)F)c1O. The smallest absolute Gasteiger partial charge is 0.419 e. The summed E-state index contributed by atoms with van der Waals surface area (Å²) in [6.45, 7) is 1.72. The van der Waals surface area contributed by atoms with Crippen LogP contribution < -0.4 is 0 Å². The van der Waals surface area contributed by atoms with Crippen molar-refractivity contribution in [3.63, 3.8) is 0 Å². The first-order valence-electron chi connectivity index (χ1n) is 4.90. The molecule has 0 saturated heterocycles. The summed E-state index contributed by atoms with van der Waals surface area (Å²) in [5.74, 6) is -1.60. The summed E-state index contributed by atoms with van der Waals surface area (Å²) < 4.78 is 41.9. The average molecular weight is 248 g/mol. The molecule has 1 rings (SSSR count). The minimum atomic E-state index is -4.64. The Bertz CT molecular complexity index is 413. The van der Waals surface area contributed by atoms with Crippen LogP contribution in [-0.4, -0.2) is 17.7 Å². The van der Waals surface area contributed by atoms with Crippen molar-refractivity contribution in [3.8, 4) is 5.75 Å². The number of aromatic hydroxyl groups is 1. The summed E-state index contributed by atoms with van der Waals surface area (Å²) in [5.41, 5.74) is -1.25. The lowest BCUT2D eigenvalue weighted by Crippen LogP contribution is -2.10. The fraction of sp³-hybridized carbons (Fsp3) is 0.364. The number of phenols is 1. The molecule has 0 heterocycles. The Kier molecular flexibility index (Phi) is 3.98. The Morgan fingerprint density at radius 3 is 2.59 bits per heavy atom. The molecule has 0 fully saturated rings. The predicted octanol–water partition coefficient (Wildman–Crippen LogP) is 2.52. The molecule has 1 N–H and O–H groups in total. The summed E-state index contributed by atoms with van der Waals surface area (Å²) >= 11 is 0. The molecular weight excluding hydrogens is 237 g/mol. The van der Waals surface area contributed by atoms with Crippen LogP contribution in [0.25, 0.3) is 0 Å². The van der Waals surface area contributed by atoms with E-state index < -0.39 is 23.5 Å². The maximum Gasteiger partial charge on any atom is 0.419 e. The van der Waals surface area contributed by atoms with Gasteiger partial charge in [0, 0.05) is 5.56 Å². The van der Waals surface area contributed by atoms with Crippen LogP contribution in [0.5, 0.6) is 5.75 Å². The monoisotopic (exact) mass is 248 g/mol. The molecule has 0 aliphatic heterocycles. The quantitative estimate of drug-likeness (QED) is 0.836. The van der Waals surface area contributed by atoms with Gasteiger partial charge in [-0.25, -0.2) is 0 Å². The number of carbonyl (C=O) groups excluding carboxylic acids is 1. The Morgan fingerprint density at radius 2 is 2.06 bits per heavy atom. The van der Waals surface area contributed by atoms with Gasteiger partial charge in [-0.3, -0.25) is 4.79 Å². The number of esters is 1. The van der Waals surface area contributed by atoms with E-state index in [2.05, 4.69) is 4.74 Å². The molecule has 0 aliphatic carbocycles. The van der Waals surface area contributed by atoms with Crippen LogP contribution in [0.3, 0.4) is 0 Å². The van der Waals surface area contributed by atoms with Crippen LogP contribution in [0.2, 0.25) is 0 Å². The van der Waals surface area contributed by atoms with Crippen molar-refractivity contribution in [3.05, 3.63) is 29.3 Å². The molecule has 1 aromatic rings. The first-order valence-corrected chi connectivity index (χ1v) is 4.90. The Balaban J connectivity index is 2.99. The van der Waals surface area contributed by atoms with Crippen LogP contribution in [-0.2, 0) is 22.1 Å². The summed E-state index contributed by atoms with van der Waals surface area (Å²) in [5, 5.41) is 9.41. The van der Waals surface area contributed by atoms with Crippen LogP contribution >= 0.6 is 0 Å². The molecule has 1 aromatic carbocycles. The molecule has 0 aromatic heterocycles. The van der Waals surface area contributed by atoms with Crippen molar-refractivity contribution in [1.82, 2.24) is 0 Å². The molecular formula is C11H11F3O3. The van der Waals surface area contributed by atoms with Crippen molar-refractivity contribution in [1.29, 1.82) is 0 Å². The van der Waals surface area contributed by atoms with Gasteiger partial charge in [-0.2, -0.15) is 13.2 Å². The van der Waals surface area contributed by atoms with E-state index in [0.29, 0.717) is 0 Å². The van der Waals surface area contributed by atoms with Crippen molar-refractivity contribution < 1.29 is 27.8 Å². The highest BCUT2D eigenvalue weighted by atomic mass is 19.4. The molecule has 0 radical (unpaired) electrons. The van der Waals surface area contributed by atoms with Crippen LogP contribution in [0.1, 0.15) is 18.1 Å². The molecule has 94 valence electrons. The first kappa shape index (κ1) is 13.3. The number of ether oxygens (including phenoxy) is 1. The number of benzene rings is 1. The van der Waals surface area contributed by atoms with Gasteiger partial charge in [0.2, 0.25) is 0 Å². The van der Waals surface area contributed by atoms with Crippen LogP contribution in [0, 0.1) is 0 Å². The lowest BCUT2D eigenvalue weighted by molar-refractivity contribution is -0.143. The summed E-state index contributed by atoms with van der Waals surface area (Å²) in [7, 11) is 0. The van der Waals surface area contributed by atoms with E-state index in [1.54, 1.807) is 6.92 Å². The number of alkyl halides is 3. The van der Waals surface area contributed by atoms with Crippen molar-refractivity contribution in [2.45, 2.75) is 19.5 Å². The molecule has 0 unspecified atom stereocenters. The van der Waals surface area contributed by atoms with E-state index >= 15 is 0 Å². The van der Waals surface area contributed by atoms with E-state index in [1.807, 2.05) is 0 Å². The maximum atomic E-state index is 12.4. The summed E-state index contributed by atoms with van der Waals surface area (Å²) in [6.07, 6.45) is -5.03. The minimum Gasteiger partial charge on any atom is -0.507 e. The number of phenolic OH excluding ortho intramolecular Hbond substituents is 1. The second-order valence-electron chi connectivity index (χ2n) is 3.29. The van der Waals surface area contributed by atoms with E-state index in [-0.39, 0.29) is 18.6 Å². The third-order valence-electron chi connectivity index (χ3n) is 2.07. The number of para-hydroxylation sites is 1. The van der Waals surface area contributed by atoms with Gasteiger partial charge in [0.1, 0.15) is 5.75 Å². The summed E-state index contributed by atoms with van der Waals surface area (Å²) in [4.78, 5) is 11.1. The fourth-order valence-corrected chi connectivity index (χ4v) is 1.33. The minimum absolute atomic E-state index is 0.0988. The fourth-order valence-electron chi connectivity index (χ4n) is 1.33. The van der Waals surface area contributed by atoms with Gasteiger partial charge in [0.05, 0.1) is 18.6 Å². The number of halogens is 3. The molecule has 0 aliphatic rings. The largest absolute Gasteiger partial charge is 0.507 e. The lowest BCUT2D eigenvalue weighted by atomic mass is 10.1. The normalized spacial score (nSPS) is 11.3. The standard InChI is InChI=1S/C11H11F3O3/c1-2-17-9(15)6-7-4-3-5-8(10(7)16)11(12,13)14/h3-5,16H,2,6H2,1H3. The maximum absolute atomic E-state index is 12.4. The Morgan fingerprint density at radius 1 is 1.41 bits per heavy atom. The highest BCUT2D eigenvalue weighted by Gasteiger charge is 2.34. The first-order chi connectivity index (χ1) is 7.86. The molecule has 0 bridgehead atoms. The number of rotatable bonds is 3. The number of hydrogen-bond donors (Lipinski definition) is 1. The molecule has 0 saturated carbocycles. The van der Waals surface area contributed by atoms with Gasteiger partial charge in [0.25, 0.3) is 0 Å². The molecule has 0 amide bonds. The zero-order chi connectivity index (χ0) is 13.1. The summed E-state index contributed by atoms with van der Waals surface area (Å²) in [6, 6.07) is 3.14. The van der Waals surface area contributed by atoms with E-state index in [0.717, 1.165) is 12.1 Å². The predicted molar refractivity (Wildman–Crippen MR) is 53.4 cm³/mol. The third kappa shape index (κ3) is 3.37. The van der Waals surface area contributed by atoms with E-state index in [4.69, 9.17) is 0 Å². The van der Waals surface area contributed by atoms with Gasteiger partial charge in [-0.1, -0.05) is 12.1 Å². The highest BCUT2D eigenvalue weighted by molar-refractivity contribution is 5.73. The molecule has 0 spiro atoms. The van der Waals surface area contributed by atoms with Crippen LogP contribution in [0.15, 0.2) is 18.2 Å². The molecule has 3 nitrogen and oxygen atoms in total. The lowest BCUT2D eigenvalue weighted by Gasteiger charge is -2.11. The number of hydrogen-bond acceptors (Lipinski definition) is 3. The van der Waals surface area contributed by atoms with Crippen LogP contribution in [0.4, 0.5) is 13.2 Å². The van der Waals surface area contributed by atoms with E-state index in [9.17, 15) is 23.1 Å². The van der Waals surface area contributed by atoms with Gasteiger partial charge < -0.3 is 9.84 Å². The average Bonchev–Trinajstić information content (AvgIpc) is 2.19.